The molecule has 0 aliphatic rings. The van der Waals surface area contributed by atoms with Crippen LogP contribution in [0.3, 0.4) is 0 Å². The Hall–Kier alpha value is -2.01. The predicted octanol–water partition coefficient (Wildman–Crippen LogP) is 3.36. The Morgan fingerprint density at radius 1 is 1.05 bits per heavy atom. The minimum absolute atomic E-state index is 0.0706. The maximum atomic E-state index is 13.6. The van der Waals surface area contributed by atoms with E-state index < -0.39 is 23.5 Å². The standard InChI is InChI=1S/C15H14F3NO/c1-20-15-5-2-9(6-13(15)18)7-14(19)11-8-10(16)3-4-12(11)17/h2-6,8,14H,7,19H2,1H3. The molecule has 0 bridgehead atoms. The van der Waals surface area contributed by atoms with Crippen molar-refractivity contribution in [2.75, 3.05) is 7.11 Å². The highest BCUT2D eigenvalue weighted by Gasteiger charge is 2.14. The Morgan fingerprint density at radius 2 is 1.80 bits per heavy atom. The van der Waals surface area contributed by atoms with Crippen LogP contribution in [0, 0.1) is 17.5 Å². The highest BCUT2D eigenvalue weighted by atomic mass is 19.1. The molecule has 2 aromatic carbocycles. The fraction of sp³-hybridized carbons (Fsp3) is 0.200. The third-order valence-electron chi connectivity index (χ3n) is 3.03. The number of benzene rings is 2. The molecule has 1 unspecified atom stereocenters. The van der Waals surface area contributed by atoms with Crippen LogP contribution in [0.5, 0.6) is 5.75 Å². The first-order valence-corrected chi connectivity index (χ1v) is 6.04. The molecule has 0 heterocycles. The average Bonchev–Trinajstić information content (AvgIpc) is 2.41. The Labute approximate surface area is 115 Å². The van der Waals surface area contributed by atoms with Gasteiger partial charge in [-0.2, -0.15) is 0 Å². The van der Waals surface area contributed by atoms with Gasteiger partial charge in [0.2, 0.25) is 0 Å². The summed E-state index contributed by atoms with van der Waals surface area (Å²) >= 11 is 0. The molecule has 0 aliphatic carbocycles. The number of nitrogens with two attached hydrogens (primary N) is 1. The van der Waals surface area contributed by atoms with Crippen LogP contribution in [0.15, 0.2) is 36.4 Å². The maximum Gasteiger partial charge on any atom is 0.165 e. The maximum absolute atomic E-state index is 13.6. The molecule has 106 valence electrons. The number of ether oxygens (including phenoxy) is 1. The van der Waals surface area contributed by atoms with E-state index in [1.54, 1.807) is 6.07 Å². The van der Waals surface area contributed by atoms with Crippen LogP contribution in [-0.4, -0.2) is 7.11 Å². The van der Waals surface area contributed by atoms with E-state index in [2.05, 4.69) is 0 Å². The molecule has 0 aliphatic heterocycles. The zero-order chi connectivity index (χ0) is 14.7. The van der Waals surface area contributed by atoms with Gasteiger partial charge in [-0.25, -0.2) is 13.2 Å². The van der Waals surface area contributed by atoms with Crippen molar-refractivity contribution in [2.24, 2.45) is 5.73 Å². The van der Waals surface area contributed by atoms with Gasteiger partial charge in [-0.05, 0) is 42.3 Å². The summed E-state index contributed by atoms with van der Waals surface area (Å²) in [5, 5.41) is 0. The molecule has 20 heavy (non-hydrogen) atoms. The number of rotatable bonds is 4. The fourth-order valence-corrected chi connectivity index (χ4v) is 2.00. The first-order valence-electron chi connectivity index (χ1n) is 6.04. The Morgan fingerprint density at radius 3 is 2.45 bits per heavy atom. The summed E-state index contributed by atoms with van der Waals surface area (Å²) in [6, 6.07) is 6.74. The summed E-state index contributed by atoms with van der Waals surface area (Å²) in [5.41, 5.74) is 6.51. The zero-order valence-electron chi connectivity index (χ0n) is 10.9. The lowest BCUT2D eigenvalue weighted by Gasteiger charge is -2.14. The van der Waals surface area contributed by atoms with Gasteiger partial charge in [0.1, 0.15) is 11.6 Å². The van der Waals surface area contributed by atoms with Crippen LogP contribution < -0.4 is 10.5 Å². The molecule has 5 heteroatoms. The number of methoxy groups -OCH3 is 1. The average molecular weight is 281 g/mol. The molecule has 2 aromatic rings. The van der Waals surface area contributed by atoms with Gasteiger partial charge in [-0.3, -0.25) is 0 Å². The van der Waals surface area contributed by atoms with E-state index in [9.17, 15) is 13.2 Å². The van der Waals surface area contributed by atoms with Crippen LogP contribution in [0.2, 0.25) is 0 Å². The molecule has 2 nitrogen and oxygen atoms in total. The van der Waals surface area contributed by atoms with Gasteiger partial charge in [0.25, 0.3) is 0 Å². The van der Waals surface area contributed by atoms with Crippen LogP contribution >= 0.6 is 0 Å². The highest BCUT2D eigenvalue weighted by molar-refractivity contribution is 5.31. The minimum Gasteiger partial charge on any atom is -0.494 e. The van der Waals surface area contributed by atoms with Crippen LogP contribution in [-0.2, 0) is 6.42 Å². The topological polar surface area (TPSA) is 35.2 Å². The summed E-state index contributed by atoms with van der Waals surface area (Å²) < 4.78 is 45.0. The van der Waals surface area contributed by atoms with E-state index in [0.717, 1.165) is 18.2 Å². The Balaban J connectivity index is 2.21. The normalized spacial score (nSPS) is 12.2. The van der Waals surface area contributed by atoms with E-state index >= 15 is 0 Å². The molecule has 1 atom stereocenters. The quantitative estimate of drug-likeness (QED) is 0.932. The largest absolute Gasteiger partial charge is 0.494 e. The second-order valence-electron chi connectivity index (χ2n) is 4.45. The molecule has 0 radical (unpaired) electrons. The minimum atomic E-state index is -0.751. The van der Waals surface area contributed by atoms with E-state index in [4.69, 9.17) is 10.5 Å². The second-order valence-corrected chi connectivity index (χ2v) is 4.45. The summed E-state index contributed by atoms with van der Waals surface area (Å²) in [4.78, 5) is 0. The fourth-order valence-electron chi connectivity index (χ4n) is 2.00. The molecule has 0 amide bonds. The second kappa shape index (κ2) is 5.96. The molecule has 2 rings (SSSR count). The molecular weight excluding hydrogens is 267 g/mol. The third kappa shape index (κ3) is 3.11. The monoisotopic (exact) mass is 281 g/mol. The SMILES string of the molecule is COc1ccc(CC(N)c2cc(F)ccc2F)cc1F. The molecule has 0 aromatic heterocycles. The first-order chi connectivity index (χ1) is 9.51. The van der Waals surface area contributed by atoms with Crippen molar-refractivity contribution in [3.63, 3.8) is 0 Å². The zero-order valence-corrected chi connectivity index (χ0v) is 10.9. The lowest BCUT2D eigenvalue weighted by atomic mass is 9.99. The third-order valence-corrected chi connectivity index (χ3v) is 3.03. The van der Waals surface area contributed by atoms with Crippen molar-refractivity contribution in [1.82, 2.24) is 0 Å². The summed E-state index contributed by atoms with van der Waals surface area (Å²) in [7, 11) is 1.37. The smallest absolute Gasteiger partial charge is 0.165 e. The summed E-state index contributed by atoms with van der Waals surface area (Å²) in [5.74, 6) is -1.53. The highest BCUT2D eigenvalue weighted by Crippen LogP contribution is 2.23. The lowest BCUT2D eigenvalue weighted by Crippen LogP contribution is -2.15. The van der Waals surface area contributed by atoms with Gasteiger partial charge in [-0.15, -0.1) is 0 Å². The van der Waals surface area contributed by atoms with Crippen molar-refractivity contribution < 1.29 is 17.9 Å². The molecule has 0 saturated carbocycles. The van der Waals surface area contributed by atoms with E-state index in [1.165, 1.54) is 19.2 Å². The van der Waals surface area contributed by atoms with Gasteiger partial charge >= 0.3 is 0 Å². The van der Waals surface area contributed by atoms with Gasteiger partial charge in [-0.1, -0.05) is 6.07 Å². The molecule has 0 fully saturated rings. The number of hydrogen-bond acceptors (Lipinski definition) is 2. The van der Waals surface area contributed by atoms with Crippen molar-refractivity contribution in [3.05, 3.63) is 65.0 Å². The van der Waals surface area contributed by atoms with Gasteiger partial charge in [0.15, 0.2) is 11.6 Å². The molecule has 0 spiro atoms. The van der Waals surface area contributed by atoms with Crippen molar-refractivity contribution in [1.29, 1.82) is 0 Å². The van der Waals surface area contributed by atoms with Crippen molar-refractivity contribution in [2.45, 2.75) is 12.5 Å². The van der Waals surface area contributed by atoms with E-state index in [-0.39, 0.29) is 17.7 Å². The first kappa shape index (κ1) is 14.4. The van der Waals surface area contributed by atoms with E-state index in [0.29, 0.717) is 5.56 Å². The molecule has 0 saturated heterocycles. The summed E-state index contributed by atoms with van der Waals surface area (Å²) in [6.07, 6.45) is 0.196. The number of hydrogen-bond donors (Lipinski definition) is 1. The van der Waals surface area contributed by atoms with Crippen LogP contribution in [0.25, 0.3) is 0 Å². The van der Waals surface area contributed by atoms with Gasteiger partial charge < -0.3 is 10.5 Å². The van der Waals surface area contributed by atoms with Crippen molar-refractivity contribution >= 4 is 0 Å². The Kier molecular flexibility index (Phi) is 4.29. The summed E-state index contributed by atoms with van der Waals surface area (Å²) in [6.45, 7) is 0. The van der Waals surface area contributed by atoms with Gasteiger partial charge in [0.05, 0.1) is 7.11 Å². The van der Waals surface area contributed by atoms with Crippen LogP contribution in [0.4, 0.5) is 13.2 Å². The molecular formula is C15H14F3NO. The molecule has 2 N–H and O–H groups in total. The number of halogens is 3. The Bertz CT molecular complexity index is 616. The van der Waals surface area contributed by atoms with E-state index in [1.807, 2.05) is 0 Å². The predicted molar refractivity (Wildman–Crippen MR) is 69.9 cm³/mol. The van der Waals surface area contributed by atoms with Gasteiger partial charge in [0, 0.05) is 11.6 Å². The lowest BCUT2D eigenvalue weighted by molar-refractivity contribution is 0.386. The van der Waals surface area contributed by atoms with Crippen molar-refractivity contribution in [3.8, 4) is 5.75 Å². The van der Waals surface area contributed by atoms with Crippen LogP contribution in [0.1, 0.15) is 17.2 Å².